The highest BCUT2D eigenvalue weighted by atomic mass is 16.5. The number of carbonyl (C=O) groups excluding carboxylic acids is 1. The fourth-order valence-corrected chi connectivity index (χ4v) is 1.81. The number of carbonyl (C=O) groups is 1. The molecule has 2 heterocycles. The monoisotopic (exact) mass is 224 g/mol. The van der Waals surface area contributed by atoms with Gasteiger partial charge in [0.25, 0.3) is 0 Å². The molecule has 2 rings (SSSR count). The van der Waals surface area contributed by atoms with E-state index in [1.807, 2.05) is 0 Å². The quantitative estimate of drug-likeness (QED) is 0.752. The SMILES string of the molecule is CCOC(=O)c1cn([C@@H]2CCCNC2)nn1. The molecule has 1 N–H and O–H groups in total. The van der Waals surface area contributed by atoms with Crippen molar-refractivity contribution in [3.8, 4) is 0 Å². The van der Waals surface area contributed by atoms with Gasteiger partial charge in [0.05, 0.1) is 18.8 Å². The third-order valence-corrected chi connectivity index (χ3v) is 2.64. The van der Waals surface area contributed by atoms with Crippen molar-refractivity contribution < 1.29 is 9.53 Å². The van der Waals surface area contributed by atoms with Crippen LogP contribution in [0.15, 0.2) is 6.20 Å². The molecule has 6 nitrogen and oxygen atoms in total. The average Bonchev–Trinajstić information content (AvgIpc) is 2.80. The lowest BCUT2D eigenvalue weighted by atomic mass is 10.1. The number of nitrogens with zero attached hydrogens (tertiary/aromatic N) is 3. The minimum atomic E-state index is -0.405. The third kappa shape index (κ3) is 2.38. The second-order valence-electron chi connectivity index (χ2n) is 3.80. The molecule has 0 amide bonds. The molecule has 1 aliphatic rings. The summed E-state index contributed by atoms with van der Waals surface area (Å²) in [6, 6.07) is 0.296. The van der Waals surface area contributed by atoms with Crippen LogP contribution in [0.4, 0.5) is 0 Å². The van der Waals surface area contributed by atoms with Gasteiger partial charge in [-0.25, -0.2) is 9.48 Å². The largest absolute Gasteiger partial charge is 0.461 e. The molecule has 0 aromatic carbocycles. The van der Waals surface area contributed by atoms with E-state index in [0.29, 0.717) is 12.6 Å². The zero-order chi connectivity index (χ0) is 11.4. The standard InChI is InChI=1S/C10H16N4O2/c1-2-16-10(15)9-7-14(13-12-9)8-4-3-5-11-6-8/h7-8,11H,2-6H2,1H3/t8-/m1/s1. The first-order valence-corrected chi connectivity index (χ1v) is 5.61. The normalized spacial score (nSPS) is 20.7. The summed E-state index contributed by atoms with van der Waals surface area (Å²) < 4.78 is 6.61. The number of hydrogen-bond donors (Lipinski definition) is 1. The molecular weight excluding hydrogens is 208 g/mol. The van der Waals surface area contributed by atoms with Crippen LogP contribution >= 0.6 is 0 Å². The smallest absolute Gasteiger partial charge is 0.360 e. The Hall–Kier alpha value is -1.43. The van der Waals surface area contributed by atoms with E-state index in [1.165, 1.54) is 0 Å². The Morgan fingerprint density at radius 3 is 3.31 bits per heavy atom. The fraction of sp³-hybridized carbons (Fsp3) is 0.700. The van der Waals surface area contributed by atoms with Crippen molar-refractivity contribution in [1.82, 2.24) is 20.3 Å². The second kappa shape index (κ2) is 5.07. The van der Waals surface area contributed by atoms with E-state index in [4.69, 9.17) is 4.74 Å². The lowest BCUT2D eigenvalue weighted by Crippen LogP contribution is -2.31. The van der Waals surface area contributed by atoms with Crippen molar-refractivity contribution in [2.45, 2.75) is 25.8 Å². The molecule has 0 unspecified atom stereocenters. The van der Waals surface area contributed by atoms with E-state index < -0.39 is 5.97 Å². The van der Waals surface area contributed by atoms with Gasteiger partial charge in [-0.05, 0) is 26.3 Å². The maximum Gasteiger partial charge on any atom is 0.360 e. The summed E-state index contributed by atoms with van der Waals surface area (Å²) in [4.78, 5) is 11.4. The second-order valence-corrected chi connectivity index (χ2v) is 3.80. The number of piperidine rings is 1. The lowest BCUT2D eigenvalue weighted by Gasteiger charge is -2.22. The molecule has 1 saturated heterocycles. The van der Waals surface area contributed by atoms with Crippen molar-refractivity contribution in [3.05, 3.63) is 11.9 Å². The van der Waals surface area contributed by atoms with Gasteiger partial charge in [-0.2, -0.15) is 0 Å². The lowest BCUT2D eigenvalue weighted by molar-refractivity contribution is 0.0519. The van der Waals surface area contributed by atoms with Crippen LogP contribution in [0.5, 0.6) is 0 Å². The third-order valence-electron chi connectivity index (χ3n) is 2.64. The van der Waals surface area contributed by atoms with E-state index in [-0.39, 0.29) is 5.69 Å². The molecule has 0 aliphatic carbocycles. The first-order valence-electron chi connectivity index (χ1n) is 5.61. The Morgan fingerprint density at radius 1 is 1.75 bits per heavy atom. The highest BCUT2D eigenvalue weighted by Gasteiger charge is 2.18. The summed E-state index contributed by atoms with van der Waals surface area (Å²) in [5.74, 6) is -0.405. The Labute approximate surface area is 94.0 Å². The molecule has 1 atom stereocenters. The first-order chi connectivity index (χ1) is 7.81. The van der Waals surface area contributed by atoms with E-state index in [2.05, 4.69) is 15.6 Å². The number of esters is 1. The summed E-state index contributed by atoms with van der Waals surface area (Å²) in [6.45, 7) is 4.06. The predicted molar refractivity (Wildman–Crippen MR) is 57.1 cm³/mol. The van der Waals surface area contributed by atoms with Crippen LogP contribution in [0.25, 0.3) is 0 Å². The maximum atomic E-state index is 11.4. The van der Waals surface area contributed by atoms with Gasteiger partial charge in [-0.1, -0.05) is 5.21 Å². The number of rotatable bonds is 3. The van der Waals surface area contributed by atoms with Crippen LogP contribution in [0.3, 0.4) is 0 Å². The first kappa shape index (κ1) is 11.1. The minimum Gasteiger partial charge on any atom is -0.461 e. The van der Waals surface area contributed by atoms with Gasteiger partial charge in [-0.15, -0.1) is 5.10 Å². The minimum absolute atomic E-state index is 0.285. The topological polar surface area (TPSA) is 69.0 Å². The average molecular weight is 224 g/mol. The molecule has 1 aliphatic heterocycles. The highest BCUT2D eigenvalue weighted by Crippen LogP contribution is 2.15. The molecule has 0 bridgehead atoms. The van der Waals surface area contributed by atoms with Gasteiger partial charge in [0.2, 0.25) is 0 Å². The summed E-state index contributed by atoms with van der Waals surface area (Å²) >= 11 is 0. The predicted octanol–water partition coefficient (Wildman–Crippen LogP) is 0.379. The van der Waals surface area contributed by atoms with Crippen molar-refractivity contribution in [2.24, 2.45) is 0 Å². The number of nitrogens with one attached hydrogen (secondary N) is 1. The van der Waals surface area contributed by atoms with Crippen LogP contribution in [-0.4, -0.2) is 40.7 Å². The van der Waals surface area contributed by atoms with E-state index >= 15 is 0 Å². The van der Waals surface area contributed by atoms with Crippen molar-refractivity contribution >= 4 is 5.97 Å². The Balaban J connectivity index is 2.03. The van der Waals surface area contributed by atoms with E-state index in [0.717, 1.165) is 25.9 Å². The highest BCUT2D eigenvalue weighted by molar-refractivity contribution is 5.86. The number of ether oxygens (including phenoxy) is 1. The molecule has 1 aromatic rings. The molecular formula is C10H16N4O2. The zero-order valence-electron chi connectivity index (χ0n) is 9.35. The Kier molecular flexibility index (Phi) is 3.51. The van der Waals surface area contributed by atoms with Gasteiger partial charge in [-0.3, -0.25) is 0 Å². The summed E-state index contributed by atoms with van der Waals surface area (Å²) in [7, 11) is 0. The maximum absolute atomic E-state index is 11.4. The van der Waals surface area contributed by atoms with Crippen molar-refractivity contribution in [1.29, 1.82) is 0 Å². The van der Waals surface area contributed by atoms with Crippen LogP contribution < -0.4 is 5.32 Å². The fourth-order valence-electron chi connectivity index (χ4n) is 1.81. The summed E-state index contributed by atoms with van der Waals surface area (Å²) in [5.41, 5.74) is 0.285. The van der Waals surface area contributed by atoms with Crippen molar-refractivity contribution in [3.63, 3.8) is 0 Å². The van der Waals surface area contributed by atoms with Crippen LogP contribution in [0.1, 0.15) is 36.3 Å². The van der Waals surface area contributed by atoms with Gasteiger partial charge < -0.3 is 10.1 Å². The molecule has 0 spiro atoms. The molecule has 1 aromatic heterocycles. The van der Waals surface area contributed by atoms with Crippen LogP contribution in [-0.2, 0) is 4.74 Å². The van der Waals surface area contributed by atoms with Gasteiger partial charge in [0.1, 0.15) is 0 Å². The van der Waals surface area contributed by atoms with Crippen LogP contribution in [0.2, 0.25) is 0 Å². The van der Waals surface area contributed by atoms with Gasteiger partial charge in [0.15, 0.2) is 5.69 Å². The Bertz CT molecular complexity index is 357. The molecule has 16 heavy (non-hydrogen) atoms. The molecule has 0 radical (unpaired) electrons. The molecule has 88 valence electrons. The van der Waals surface area contributed by atoms with E-state index in [1.54, 1.807) is 17.8 Å². The molecule has 1 fully saturated rings. The van der Waals surface area contributed by atoms with Crippen LogP contribution in [0, 0.1) is 0 Å². The van der Waals surface area contributed by atoms with Gasteiger partial charge in [0, 0.05) is 6.54 Å². The zero-order valence-corrected chi connectivity index (χ0v) is 9.35. The number of aromatic nitrogens is 3. The summed E-state index contributed by atoms with van der Waals surface area (Å²) in [5, 5.41) is 11.1. The van der Waals surface area contributed by atoms with Crippen molar-refractivity contribution in [2.75, 3.05) is 19.7 Å². The van der Waals surface area contributed by atoms with Gasteiger partial charge >= 0.3 is 5.97 Å². The summed E-state index contributed by atoms with van der Waals surface area (Å²) in [6.07, 6.45) is 3.85. The molecule has 0 saturated carbocycles. The number of hydrogen-bond acceptors (Lipinski definition) is 5. The Morgan fingerprint density at radius 2 is 2.62 bits per heavy atom. The molecule has 6 heteroatoms. The van der Waals surface area contributed by atoms with E-state index in [9.17, 15) is 4.79 Å².